The van der Waals surface area contributed by atoms with E-state index in [0.717, 1.165) is 24.8 Å². The zero-order valence-electron chi connectivity index (χ0n) is 19.7. The molecule has 1 rings (SSSR count). The van der Waals surface area contributed by atoms with Gasteiger partial charge in [-0.2, -0.15) is 0 Å². The predicted octanol–water partition coefficient (Wildman–Crippen LogP) is 6.13. The fraction of sp³-hybridized carbons (Fsp3) is 0.840. The zero-order chi connectivity index (χ0) is 22.9. The van der Waals surface area contributed by atoms with Crippen molar-refractivity contribution < 1.29 is 24.5 Å². The van der Waals surface area contributed by atoms with E-state index >= 15 is 0 Å². The molecule has 0 spiro atoms. The van der Waals surface area contributed by atoms with Crippen LogP contribution in [0.25, 0.3) is 0 Å². The van der Waals surface area contributed by atoms with Crippen molar-refractivity contribution in [1.29, 1.82) is 0 Å². The number of aliphatic hydroxyl groups excluding tert-OH is 1. The molecule has 0 saturated heterocycles. The first-order valence-electron chi connectivity index (χ1n) is 12.3. The molecule has 0 aromatic heterocycles. The molecule has 180 valence electrons. The molecular formula is C25H44O5S. The third kappa shape index (κ3) is 12.6. The Balaban J connectivity index is 2.34. The molecule has 31 heavy (non-hydrogen) atoms. The molecule has 0 aromatic rings. The summed E-state index contributed by atoms with van der Waals surface area (Å²) in [6.45, 7) is 2.25. The summed E-state index contributed by atoms with van der Waals surface area (Å²) in [5.41, 5.74) is 1.16. The first-order chi connectivity index (χ1) is 15.0. The van der Waals surface area contributed by atoms with Crippen LogP contribution >= 0.6 is 11.8 Å². The number of carbonyl (C=O) groups excluding carboxylic acids is 1. The normalized spacial score (nSPS) is 22.5. The Morgan fingerprint density at radius 1 is 1.03 bits per heavy atom. The van der Waals surface area contributed by atoms with Gasteiger partial charge in [-0.25, -0.2) is 0 Å². The van der Waals surface area contributed by atoms with E-state index in [4.69, 9.17) is 9.84 Å². The maximum atomic E-state index is 11.6. The van der Waals surface area contributed by atoms with Gasteiger partial charge in [0.2, 0.25) is 0 Å². The number of thioether (sulfide) groups is 1. The van der Waals surface area contributed by atoms with E-state index in [2.05, 4.69) is 13.0 Å². The number of aliphatic hydroxyl groups is 1. The lowest BCUT2D eigenvalue weighted by Gasteiger charge is -2.36. The van der Waals surface area contributed by atoms with Crippen LogP contribution in [0, 0.1) is 5.92 Å². The average Bonchev–Trinajstić information content (AvgIpc) is 2.75. The van der Waals surface area contributed by atoms with Crippen molar-refractivity contribution in [2.24, 2.45) is 5.92 Å². The molecule has 0 bridgehead atoms. The molecule has 2 N–H and O–H groups in total. The van der Waals surface area contributed by atoms with Crippen molar-refractivity contribution in [3.63, 3.8) is 0 Å². The minimum atomic E-state index is -0.880. The van der Waals surface area contributed by atoms with Gasteiger partial charge in [-0.15, -0.1) is 11.8 Å². The highest BCUT2D eigenvalue weighted by atomic mass is 32.2. The van der Waals surface area contributed by atoms with Crippen LogP contribution in [0.15, 0.2) is 11.6 Å². The zero-order valence-corrected chi connectivity index (χ0v) is 20.5. The van der Waals surface area contributed by atoms with Gasteiger partial charge in [-0.3, -0.25) is 9.59 Å². The number of unbranched alkanes of at least 4 members (excludes halogenated alkanes) is 11. The molecule has 0 radical (unpaired) electrons. The largest absolute Gasteiger partial charge is 0.481 e. The third-order valence-corrected chi connectivity index (χ3v) is 7.56. The van der Waals surface area contributed by atoms with Gasteiger partial charge in [-0.05, 0) is 31.6 Å². The third-order valence-electron chi connectivity index (χ3n) is 6.22. The Kier molecular flexibility index (Phi) is 15.9. The SMILES string of the molecule is CCCCCCCCCCCCC/C=C1\CC[C@H](CC(=O)O)[C@H](O)[C@@H]1SCC(=O)OC. The second-order valence-corrected chi connectivity index (χ2v) is 9.93. The first-order valence-corrected chi connectivity index (χ1v) is 13.3. The number of rotatable bonds is 17. The number of aliphatic carboxylic acids is 1. The highest BCUT2D eigenvalue weighted by Gasteiger charge is 2.36. The minimum Gasteiger partial charge on any atom is -0.481 e. The topological polar surface area (TPSA) is 83.8 Å². The quantitative estimate of drug-likeness (QED) is 0.155. The van der Waals surface area contributed by atoms with E-state index in [0.29, 0.717) is 6.42 Å². The van der Waals surface area contributed by atoms with Crippen LogP contribution in [-0.2, 0) is 14.3 Å². The molecule has 1 aliphatic carbocycles. The predicted molar refractivity (Wildman–Crippen MR) is 128 cm³/mol. The average molecular weight is 457 g/mol. The highest BCUT2D eigenvalue weighted by molar-refractivity contribution is 8.00. The monoisotopic (exact) mass is 456 g/mol. The number of carboxylic acid groups (broad SMARTS) is 1. The summed E-state index contributed by atoms with van der Waals surface area (Å²) in [5.74, 6) is -1.28. The van der Waals surface area contributed by atoms with E-state index in [1.165, 1.54) is 83.1 Å². The Labute approximate surface area is 193 Å². The summed E-state index contributed by atoms with van der Waals surface area (Å²) >= 11 is 1.38. The number of allylic oxidation sites excluding steroid dienone is 1. The minimum absolute atomic E-state index is 0.0255. The van der Waals surface area contributed by atoms with Gasteiger partial charge in [0, 0.05) is 0 Å². The molecule has 0 aromatic carbocycles. The Bertz CT molecular complexity index is 534. The van der Waals surface area contributed by atoms with Gasteiger partial charge in [0.15, 0.2) is 0 Å². The summed E-state index contributed by atoms with van der Waals surface area (Å²) in [5, 5.41) is 19.6. The second kappa shape index (κ2) is 17.5. The standard InChI is InChI=1S/C25H44O5S/c1-3-4-5-6-7-8-9-10-11-12-13-14-15-20-16-17-21(18-22(26)27)24(29)25(20)31-19-23(28)30-2/h15,21,24-25,29H,3-14,16-19H2,1-2H3,(H,26,27)/b20-15+/t21-,24+,25-/m1/s1. The van der Waals surface area contributed by atoms with Crippen molar-refractivity contribution in [1.82, 2.24) is 0 Å². The molecule has 0 unspecified atom stereocenters. The van der Waals surface area contributed by atoms with Gasteiger partial charge in [-0.1, -0.05) is 82.8 Å². The highest BCUT2D eigenvalue weighted by Crippen LogP contribution is 2.38. The van der Waals surface area contributed by atoms with E-state index in [-0.39, 0.29) is 29.3 Å². The molecule has 5 nitrogen and oxygen atoms in total. The van der Waals surface area contributed by atoms with Gasteiger partial charge in [0.25, 0.3) is 0 Å². The van der Waals surface area contributed by atoms with E-state index < -0.39 is 12.1 Å². The second-order valence-electron chi connectivity index (χ2n) is 8.80. The van der Waals surface area contributed by atoms with Crippen LogP contribution < -0.4 is 0 Å². The molecule has 1 fully saturated rings. The first kappa shape index (κ1) is 28.0. The van der Waals surface area contributed by atoms with Crippen LogP contribution in [0.5, 0.6) is 0 Å². The van der Waals surface area contributed by atoms with Crippen molar-refractivity contribution in [3.8, 4) is 0 Å². The van der Waals surface area contributed by atoms with E-state index in [1.54, 1.807) is 0 Å². The van der Waals surface area contributed by atoms with Gasteiger partial charge >= 0.3 is 11.9 Å². The molecule has 6 heteroatoms. The van der Waals surface area contributed by atoms with Gasteiger partial charge in [0.05, 0.1) is 30.6 Å². The number of methoxy groups -OCH3 is 1. The number of esters is 1. The molecule has 1 saturated carbocycles. The number of hydrogen-bond acceptors (Lipinski definition) is 5. The fourth-order valence-corrected chi connectivity index (χ4v) is 5.60. The molecule has 1 aliphatic rings. The smallest absolute Gasteiger partial charge is 0.315 e. The lowest BCUT2D eigenvalue weighted by molar-refractivity contribution is -0.139. The van der Waals surface area contributed by atoms with Crippen LogP contribution in [0.4, 0.5) is 0 Å². The van der Waals surface area contributed by atoms with Crippen molar-refractivity contribution >= 4 is 23.7 Å². The number of ether oxygens (including phenoxy) is 1. The summed E-state index contributed by atoms with van der Waals surface area (Å²) in [4.78, 5) is 22.7. The Morgan fingerprint density at radius 2 is 1.61 bits per heavy atom. The summed E-state index contributed by atoms with van der Waals surface area (Å²) < 4.78 is 4.73. The molecule has 0 aliphatic heterocycles. The molecule has 0 amide bonds. The van der Waals surface area contributed by atoms with Crippen LogP contribution in [0.2, 0.25) is 0 Å². The maximum absolute atomic E-state index is 11.6. The van der Waals surface area contributed by atoms with Crippen LogP contribution in [0.3, 0.4) is 0 Å². The van der Waals surface area contributed by atoms with Crippen molar-refractivity contribution in [2.45, 2.75) is 115 Å². The number of hydrogen-bond donors (Lipinski definition) is 2. The number of carboxylic acids is 1. The van der Waals surface area contributed by atoms with Crippen LogP contribution in [-0.4, -0.2) is 46.4 Å². The summed E-state index contributed by atoms with van der Waals surface area (Å²) in [6.07, 6.45) is 18.4. The number of carbonyl (C=O) groups is 2. The van der Waals surface area contributed by atoms with Crippen molar-refractivity contribution in [3.05, 3.63) is 11.6 Å². The Hall–Kier alpha value is -1.01. The molecule has 0 heterocycles. The Morgan fingerprint density at radius 3 is 2.16 bits per heavy atom. The summed E-state index contributed by atoms with van der Waals surface area (Å²) in [6, 6.07) is 0. The van der Waals surface area contributed by atoms with Crippen LogP contribution in [0.1, 0.15) is 103 Å². The van der Waals surface area contributed by atoms with E-state index in [1.807, 2.05) is 0 Å². The molecule has 3 atom stereocenters. The van der Waals surface area contributed by atoms with Gasteiger partial charge < -0.3 is 14.9 Å². The molecular weight excluding hydrogens is 412 g/mol. The maximum Gasteiger partial charge on any atom is 0.315 e. The lowest BCUT2D eigenvalue weighted by Crippen LogP contribution is -2.38. The van der Waals surface area contributed by atoms with E-state index in [9.17, 15) is 14.7 Å². The summed E-state index contributed by atoms with van der Waals surface area (Å²) in [7, 11) is 1.36. The van der Waals surface area contributed by atoms with Gasteiger partial charge in [0.1, 0.15) is 0 Å². The lowest BCUT2D eigenvalue weighted by atomic mass is 9.80. The van der Waals surface area contributed by atoms with Crippen molar-refractivity contribution in [2.75, 3.05) is 12.9 Å². The fourth-order valence-electron chi connectivity index (χ4n) is 4.32.